The lowest BCUT2D eigenvalue weighted by Gasteiger charge is -1.98. The van der Waals surface area contributed by atoms with E-state index in [1.165, 1.54) is 6.92 Å². The summed E-state index contributed by atoms with van der Waals surface area (Å²) in [6.45, 7) is 1.39. The molecule has 0 N–H and O–H groups in total. The van der Waals surface area contributed by atoms with Gasteiger partial charge < -0.3 is 4.52 Å². The molecule has 0 fully saturated rings. The molecule has 0 amide bonds. The summed E-state index contributed by atoms with van der Waals surface area (Å²) in [5, 5.41) is 4.21. The van der Waals surface area contributed by atoms with Gasteiger partial charge in [0.2, 0.25) is 17.5 Å². The molecule has 4 nitrogen and oxygen atoms in total. The van der Waals surface area contributed by atoms with E-state index in [2.05, 4.69) is 10.1 Å². The number of ketones is 1. The zero-order valence-electron chi connectivity index (χ0n) is 8.61. The monoisotopic (exact) mass is 236 g/mol. The first-order chi connectivity index (χ1) is 7.66. The van der Waals surface area contributed by atoms with Crippen molar-refractivity contribution in [3.05, 3.63) is 46.6 Å². The quantitative estimate of drug-likeness (QED) is 0.769. The van der Waals surface area contributed by atoms with Crippen molar-refractivity contribution >= 4 is 17.4 Å². The highest BCUT2D eigenvalue weighted by Gasteiger charge is 2.11. The molecule has 0 aliphatic rings. The Morgan fingerprint density at radius 1 is 1.44 bits per heavy atom. The van der Waals surface area contributed by atoms with Crippen molar-refractivity contribution in [3.63, 3.8) is 0 Å². The van der Waals surface area contributed by atoms with E-state index in [1.54, 1.807) is 6.07 Å². The summed E-state index contributed by atoms with van der Waals surface area (Å²) in [7, 11) is 0. The van der Waals surface area contributed by atoms with E-state index in [1.807, 2.05) is 18.2 Å². The van der Waals surface area contributed by atoms with Crippen LogP contribution in [0.5, 0.6) is 0 Å². The van der Waals surface area contributed by atoms with Crippen molar-refractivity contribution in [3.8, 4) is 0 Å². The van der Waals surface area contributed by atoms with Gasteiger partial charge in [0.05, 0.1) is 6.42 Å². The highest BCUT2D eigenvalue weighted by Crippen LogP contribution is 2.17. The largest absolute Gasteiger partial charge is 0.339 e. The Morgan fingerprint density at radius 3 is 2.81 bits per heavy atom. The number of carbonyl (C=O) groups is 1. The molecular weight excluding hydrogens is 228 g/mol. The van der Waals surface area contributed by atoms with Gasteiger partial charge in [-0.25, -0.2) is 0 Å². The minimum Gasteiger partial charge on any atom is -0.339 e. The Kier molecular flexibility index (Phi) is 3.01. The summed E-state index contributed by atoms with van der Waals surface area (Å²) in [4.78, 5) is 14.9. The lowest BCUT2D eigenvalue weighted by atomic mass is 10.1. The highest BCUT2D eigenvalue weighted by atomic mass is 35.5. The molecule has 0 bridgehead atoms. The average Bonchev–Trinajstić information content (AvgIpc) is 2.70. The Morgan fingerprint density at radius 2 is 2.19 bits per heavy atom. The molecule has 0 radical (unpaired) electrons. The number of Topliss-reactive ketones (excluding diaryl/α,β-unsaturated/α-hetero) is 1. The normalized spacial score (nSPS) is 10.4. The predicted molar refractivity (Wildman–Crippen MR) is 58.6 cm³/mol. The highest BCUT2D eigenvalue weighted by molar-refractivity contribution is 6.31. The second-order valence-electron chi connectivity index (χ2n) is 3.34. The maximum atomic E-state index is 11.0. The van der Waals surface area contributed by atoms with E-state index in [9.17, 15) is 4.79 Å². The smallest absolute Gasteiger partial charge is 0.238 e. The molecule has 0 aliphatic heterocycles. The summed E-state index contributed by atoms with van der Waals surface area (Å²) >= 11 is 5.99. The van der Waals surface area contributed by atoms with Gasteiger partial charge in [0.1, 0.15) is 0 Å². The van der Waals surface area contributed by atoms with E-state index in [0.717, 1.165) is 5.56 Å². The second kappa shape index (κ2) is 4.45. The maximum Gasteiger partial charge on any atom is 0.238 e. The van der Waals surface area contributed by atoms with Gasteiger partial charge in [0, 0.05) is 11.9 Å². The number of rotatable bonds is 3. The zero-order valence-corrected chi connectivity index (χ0v) is 9.36. The van der Waals surface area contributed by atoms with Gasteiger partial charge in [0.15, 0.2) is 0 Å². The van der Waals surface area contributed by atoms with Gasteiger partial charge in [-0.1, -0.05) is 35.0 Å². The van der Waals surface area contributed by atoms with Crippen LogP contribution in [0.1, 0.15) is 29.0 Å². The average molecular weight is 237 g/mol. The summed E-state index contributed by atoms with van der Waals surface area (Å²) in [6, 6.07) is 7.39. The fourth-order valence-corrected chi connectivity index (χ4v) is 1.48. The number of nitrogens with zero attached hydrogens (tertiary/aromatic N) is 2. The molecule has 82 valence electrons. The Balaban J connectivity index is 2.21. The molecule has 0 aliphatic carbocycles. The molecular formula is C11H9ClN2O2. The van der Waals surface area contributed by atoms with Gasteiger partial charge in [0.25, 0.3) is 0 Å². The van der Waals surface area contributed by atoms with Crippen molar-refractivity contribution < 1.29 is 9.32 Å². The zero-order chi connectivity index (χ0) is 11.5. The molecule has 16 heavy (non-hydrogen) atoms. The van der Waals surface area contributed by atoms with Gasteiger partial charge in [-0.15, -0.1) is 0 Å². The van der Waals surface area contributed by atoms with Crippen molar-refractivity contribution in [2.24, 2.45) is 0 Å². The van der Waals surface area contributed by atoms with E-state index in [0.29, 0.717) is 17.3 Å². The van der Waals surface area contributed by atoms with E-state index >= 15 is 0 Å². The number of aromatic nitrogens is 2. The third-order valence-electron chi connectivity index (χ3n) is 2.08. The molecule has 0 atom stereocenters. The predicted octanol–water partition coefficient (Wildman–Crippen LogP) is 2.52. The maximum absolute atomic E-state index is 11.0. The Hall–Kier alpha value is -1.68. The van der Waals surface area contributed by atoms with Crippen LogP contribution < -0.4 is 0 Å². The van der Waals surface area contributed by atoms with Crippen LogP contribution in [-0.2, 0) is 6.42 Å². The fourth-order valence-electron chi connectivity index (χ4n) is 1.27. The van der Waals surface area contributed by atoms with Crippen molar-refractivity contribution in [1.29, 1.82) is 0 Å². The minimum absolute atomic E-state index is 0.0991. The van der Waals surface area contributed by atoms with Gasteiger partial charge in [-0.05, 0) is 11.6 Å². The summed E-state index contributed by atoms with van der Waals surface area (Å²) < 4.78 is 4.94. The summed E-state index contributed by atoms with van der Waals surface area (Å²) in [6.07, 6.45) is 0.431. The number of halogens is 1. The Bertz CT molecular complexity index is 522. The summed E-state index contributed by atoms with van der Waals surface area (Å²) in [5.41, 5.74) is 0.892. The van der Waals surface area contributed by atoms with Crippen LogP contribution in [0, 0.1) is 0 Å². The van der Waals surface area contributed by atoms with Crippen LogP contribution in [0.15, 0.2) is 28.8 Å². The van der Waals surface area contributed by atoms with Crippen LogP contribution in [0.4, 0.5) is 0 Å². The van der Waals surface area contributed by atoms with Crippen molar-refractivity contribution in [1.82, 2.24) is 10.1 Å². The number of carbonyl (C=O) groups excluding carboxylic acids is 1. The minimum atomic E-state index is -0.214. The first-order valence-corrected chi connectivity index (χ1v) is 5.11. The molecule has 1 aromatic carbocycles. The van der Waals surface area contributed by atoms with E-state index in [-0.39, 0.29) is 11.6 Å². The molecule has 2 aromatic rings. The van der Waals surface area contributed by atoms with E-state index < -0.39 is 0 Å². The molecule has 0 spiro atoms. The molecule has 1 heterocycles. The number of hydrogen-bond acceptors (Lipinski definition) is 4. The standard InChI is InChI=1S/C11H9ClN2O2/c1-7(15)11-13-10(16-14-11)6-8-4-2-3-5-9(8)12/h2-5H,6H2,1H3. The number of benzene rings is 1. The van der Waals surface area contributed by atoms with Crippen LogP contribution in [0.2, 0.25) is 5.02 Å². The van der Waals surface area contributed by atoms with E-state index in [4.69, 9.17) is 16.1 Å². The summed E-state index contributed by atoms with van der Waals surface area (Å²) in [5.74, 6) is 0.273. The molecule has 0 saturated carbocycles. The third kappa shape index (κ3) is 2.28. The van der Waals surface area contributed by atoms with Crippen molar-refractivity contribution in [2.75, 3.05) is 0 Å². The van der Waals surface area contributed by atoms with Crippen LogP contribution >= 0.6 is 11.6 Å². The SMILES string of the molecule is CC(=O)c1noc(Cc2ccccc2Cl)n1. The van der Waals surface area contributed by atoms with Gasteiger partial charge in [-0.3, -0.25) is 4.79 Å². The Labute approximate surface area is 97.2 Å². The molecule has 5 heteroatoms. The van der Waals surface area contributed by atoms with Gasteiger partial charge in [-0.2, -0.15) is 4.98 Å². The van der Waals surface area contributed by atoms with Crippen LogP contribution in [0.25, 0.3) is 0 Å². The lowest BCUT2D eigenvalue weighted by Crippen LogP contribution is -1.95. The second-order valence-corrected chi connectivity index (χ2v) is 3.74. The molecule has 2 rings (SSSR count). The van der Waals surface area contributed by atoms with Crippen LogP contribution in [-0.4, -0.2) is 15.9 Å². The first-order valence-electron chi connectivity index (χ1n) is 4.74. The fraction of sp³-hybridized carbons (Fsp3) is 0.182. The van der Waals surface area contributed by atoms with Crippen molar-refractivity contribution in [2.45, 2.75) is 13.3 Å². The number of hydrogen-bond donors (Lipinski definition) is 0. The molecule has 0 saturated heterocycles. The lowest BCUT2D eigenvalue weighted by molar-refractivity contribution is 0.100. The third-order valence-corrected chi connectivity index (χ3v) is 2.45. The topological polar surface area (TPSA) is 56.0 Å². The van der Waals surface area contributed by atoms with Gasteiger partial charge >= 0.3 is 0 Å². The first kappa shape index (κ1) is 10.8. The molecule has 0 unspecified atom stereocenters. The molecule has 1 aromatic heterocycles. The van der Waals surface area contributed by atoms with Crippen LogP contribution in [0.3, 0.4) is 0 Å².